The summed E-state index contributed by atoms with van der Waals surface area (Å²) in [6, 6.07) is 18.2. The molecule has 0 heterocycles. The molecular formula is C17H17NO. The Morgan fingerprint density at radius 2 is 1.58 bits per heavy atom. The van der Waals surface area contributed by atoms with E-state index >= 15 is 0 Å². The lowest BCUT2D eigenvalue weighted by molar-refractivity contribution is -0.117. The first-order valence-electron chi connectivity index (χ1n) is 6.70. The molecule has 0 aliphatic heterocycles. The summed E-state index contributed by atoms with van der Waals surface area (Å²) >= 11 is 0. The fourth-order valence-corrected chi connectivity index (χ4v) is 2.30. The predicted molar refractivity (Wildman–Crippen MR) is 77.8 cm³/mol. The van der Waals surface area contributed by atoms with Gasteiger partial charge in [-0.1, -0.05) is 49.4 Å². The molecule has 2 nitrogen and oxygen atoms in total. The molecule has 0 bridgehead atoms. The third-order valence-corrected chi connectivity index (χ3v) is 3.71. The van der Waals surface area contributed by atoms with Crippen molar-refractivity contribution in [2.75, 3.05) is 5.32 Å². The third-order valence-electron chi connectivity index (χ3n) is 3.71. The van der Waals surface area contributed by atoms with Crippen LogP contribution in [-0.4, -0.2) is 5.91 Å². The van der Waals surface area contributed by atoms with Crippen molar-refractivity contribution in [1.82, 2.24) is 0 Å². The Bertz CT molecular complexity index is 574. The molecule has 0 aromatic heterocycles. The van der Waals surface area contributed by atoms with Crippen molar-refractivity contribution in [2.45, 2.75) is 13.3 Å². The predicted octanol–water partition coefficient (Wildman–Crippen LogP) is 3.95. The number of benzene rings is 2. The minimum Gasteiger partial charge on any atom is -0.326 e. The lowest BCUT2D eigenvalue weighted by Crippen LogP contribution is -2.14. The van der Waals surface area contributed by atoms with E-state index in [0.29, 0.717) is 5.92 Å². The van der Waals surface area contributed by atoms with Gasteiger partial charge in [-0.05, 0) is 35.6 Å². The molecule has 2 aromatic rings. The summed E-state index contributed by atoms with van der Waals surface area (Å²) < 4.78 is 0. The molecule has 2 atom stereocenters. The summed E-state index contributed by atoms with van der Waals surface area (Å²) in [7, 11) is 0. The van der Waals surface area contributed by atoms with E-state index in [4.69, 9.17) is 0 Å². The highest BCUT2D eigenvalue weighted by Crippen LogP contribution is 2.38. The van der Waals surface area contributed by atoms with E-state index in [2.05, 4.69) is 24.4 Å². The molecule has 0 saturated heterocycles. The fourth-order valence-electron chi connectivity index (χ4n) is 2.30. The maximum atomic E-state index is 11.8. The number of carbonyl (C=O) groups is 1. The lowest BCUT2D eigenvalue weighted by atomic mass is 10.1. The van der Waals surface area contributed by atoms with E-state index < -0.39 is 0 Å². The Morgan fingerprint density at radius 3 is 2.16 bits per heavy atom. The number of nitrogens with one attached hydrogen (secondary N) is 1. The number of anilines is 1. The van der Waals surface area contributed by atoms with Crippen molar-refractivity contribution in [1.29, 1.82) is 0 Å². The monoisotopic (exact) mass is 251 g/mol. The molecule has 1 N–H and O–H groups in total. The highest BCUT2D eigenvalue weighted by atomic mass is 16.2. The van der Waals surface area contributed by atoms with Crippen molar-refractivity contribution >= 4 is 11.6 Å². The Morgan fingerprint density at radius 1 is 1.00 bits per heavy atom. The molecule has 19 heavy (non-hydrogen) atoms. The van der Waals surface area contributed by atoms with Crippen LogP contribution in [0.1, 0.15) is 13.3 Å². The van der Waals surface area contributed by atoms with Gasteiger partial charge in [-0.25, -0.2) is 0 Å². The second-order valence-electron chi connectivity index (χ2n) is 5.25. The van der Waals surface area contributed by atoms with Crippen LogP contribution < -0.4 is 5.32 Å². The van der Waals surface area contributed by atoms with E-state index in [1.54, 1.807) is 0 Å². The first-order valence-corrected chi connectivity index (χ1v) is 6.70. The van der Waals surface area contributed by atoms with E-state index in [-0.39, 0.29) is 11.8 Å². The average Bonchev–Trinajstić information content (AvgIpc) is 3.18. The first-order chi connectivity index (χ1) is 9.24. The molecule has 96 valence electrons. The molecule has 2 heteroatoms. The van der Waals surface area contributed by atoms with Gasteiger partial charge in [-0.15, -0.1) is 0 Å². The van der Waals surface area contributed by atoms with Gasteiger partial charge in [-0.3, -0.25) is 4.79 Å². The van der Waals surface area contributed by atoms with Gasteiger partial charge >= 0.3 is 0 Å². The summed E-state index contributed by atoms with van der Waals surface area (Å²) in [6.45, 7) is 2.11. The van der Waals surface area contributed by atoms with Gasteiger partial charge in [0.1, 0.15) is 0 Å². The van der Waals surface area contributed by atoms with Gasteiger partial charge in [0.15, 0.2) is 0 Å². The van der Waals surface area contributed by atoms with E-state index in [0.717, 1.165) is 12.1 Å². The van der Waals surface area contributed by atoms with Crippen molar-refractivity contribution in [3.05, 3.63) is 54.6 Å². The largest absolute Gasteiger partial charge is 0.326 e. The zero-order chi connectivity index (χ0) is 13.2. The molecule has 2 aromatic carbocycles. The minimum absolute atomic E-state index is 0.153. The lowest BCUT2D eigenvalue weighted by Gasteiger charge is -2.06. The zero-order valence-electron chi connectivity index (χ0n) is 11.0. The van der Waals surface area contributed by atoms with Crippen LogP contribution in [0.25, 0.3) is 11.1 Å². The molecule has 1 aliphatic rings. The molecule has 1 aliphatic carbocycles. The van der Waals surface area contributed by atoms with Crippen LogP contribution in [0.3, 0.4) is 0 Å². The summed E-state index contributed by atoms with van der Waals surface area (Å²) in [5.74, 6) is 0.914. The van der Waals surface area contributed by atoms with Crippen molar-refractivity contribution in [3.63, 3.8) is 0 Å². The van der Waals surface area contributed by atoms with E-state index in [1.807, 2.05) is 42.5 Å². The van der Waals surface area contributed by atoms with Gasteiger partial charge in [0.05, 0.1) is 0 Å². The molecule has 1 saturated carbocycles. The minimum atomic E-state index is 0.153. The molecule has 3 rings (SSSR count). The highest BCUT2D eigenvalue weighted by Gasteiger charge is 2.38. The first kappa shape index (κ1) is 12.0. The Labute approximate surface area is 113 Å². The quantitative estimate of drug-likeness (QED) is 0.879. The van der Waals surface area contributed by atoms with Crippen LogP contribution in [0.15, 0.2) is 54.6 Å². The van der Waals surface area contributed by atoms with E-state index in [9.17, 15) is 4.79 Å². The summed E-state index contributed by atoms with van der Waals surface area (Å²) in [4.78, 5) is 11.8. The second kappa shape index (κ2) is 4.88. The van der Waals surface area contributed by atoms with Crippen molar-refractivity contribution in [3.8, 4) is 11.1 Å². The molecule has 0 radical (unpaired) electrons. The normalized spacial score (nSPS) is 20.9. The van der Waals surface area contributed by atoms with Crippen LogP contribution in [0.2, 0.25) is 0 Å². The summed E-state index contributed by atoms with van der Waals surface area (Å²) in [5.41, 5.74) is 3.23. The third kappa shape index (κ3) is 2.68. The van der Waals surface area contributed by atoms with Crippen molar-refractivity contribution in [2.24, 2.45) is 11.8 Å². The maximum Gasteiger partial charge on any atom is 0.227 e. The molecule has 0 unspecified atom stereocenters. The highest BCUT2D eigenvalue weighted by molar-refractivity contribution is 5.94. The molecule has 1 amide bonds. The number of hydrogen-bond donors (Lipinski definition) is 1. The Balaban J connectivity index is 1.71. The fraction of sp³-hybridized carbons (Fsp3) is 0.235. The van der Waals surface area contributed by atoms with Crippen LogP contribution in [0, 0.1) is 11.8 Å². The number of rotatable bonds is 3. The van der Waals surface area contributed by atoms with E-state index in [1.165, 1.54) is 11.1 Å². The number of hydrogen-bond acceptors (Lipinski definition) is 1. The van der Waals surface area contributed by atoms with Crippen molar-refractivity contribution < 1.29 is 4.79 Å². The van der Waals surface area contributed by atoms with Gasteiger partial charge in [0.2, 0.25) is 5.91 Å². The van der Waals surface area contributed by atoms with Crippen LogP contribution in [0.4, 0.5) is 5.69 Å². The molecule has 0 spiro atoms. The number of carbonyl (C=O) groups excluding carboxylic acids is 1. The molecular weight excluding hydrogens is 234 g/mol. The summed E-state index contributed by atoms with van der Waals surface area (Å²) in [5, 5.41) is 2.97. The maximum absolute atomic E-state index is 11.8. The van der Waals surface area contributed by atoms with Gasteiger partial charge in [0.25, 0.3) is 0 Å². The average molecular weight is 251 g/mol. The SMILES string of the molecule is C[C@@H]1C[C@H]1C(=O)Nc1ccc(-c2ccccc2)cc1. The van der Waals surface area contributed by atoms with Crippen LogP contribution in [-0.2, 0) is 4.79 Å². The second-order valence-corrected chi connectivity index (χ2v) is 5.25. The topological polar surface area (TPSA) is 29.1 Å². The Kier molecular flexibility index (Phi) is 3.08. The summed E-state index contributed by atoms with van der Waals surface area (Å²) in [6.07, 6.45) is 1.02. The number of amides is 1. The zero-order valence-corrected chi connectivity index (χ0v) is 11.0. The van der Waals surface area contributed by atoms with Crippen LogP contribution in [0.5, 0.6) is 0 Å². The van der Waals surface area contributed by atoms with Crippen LogP contribution >= 0.6 is 0 Å². The van der Waals surface area contributed by atoms with Gasteiger partial charge in [0, 0.05) is 11.6 Å². The standard InChI is InChI=1S/C17H17NO/c1-12-11-16(12)17(19)18-15-9-7-14(8-10-15)13-5-3-2-4-6-13/h2-10,12,16H,11H2,1H3,(H,18,19)/t12-,16-/m1/s1. The molecule has 1 fully saturated rings. The Hall–Kier alpha value is -2.09. The smallest absolute Gasteiger partial charge is 0.227 e. The van der Waals surface area contributed by atoms with Gasteiger partial charge in [-0.2, -0.15) is 0 Å². The van der Waals surface area contributed by atoms with Gasteiger partial charge < -0.3 is 5.32 Å².